The zero-order chi connectivity index (χ0) is 15.0. The first kappa shape index (κ1) is 14.1. The molecule has 1 aromatic heterocycles. The number of fused-ring (bicyclic) bond motifs is 1. The maximum absolute atomic E-state index is 11.2. The summed E-state index contributed by atoms with van der Waals surface area (Å²) in [5.41, 5.74) is 1.62. The van der Waals surface area contributed by atoms with E-state index in [1.807, 2.05) is 35.0 Å². The highest BCUT2D eigenvalue weighted by atomic mass is 79.9. The minimum Gasteiger partial charge on any atom is -0.342 e. The smallest absolute Gasteiger partial charge is 0.275 e. The van der Waals surface area contributed by atoms with Gasteiger partial charge in [-0.25, -0.2) is 0 Å². The summed E-state index contributed by atoms with van der Waals surface area (Å²) in [6.45, 7) is 0.400. The van der Waals surface area contributed by atoms with Gasteiger partial charge in [-0.3, -0.25) is 10.1 Å². The molecule has 0 bridgehead atoms. The number of aromatic nitrogens is 1. The first-order valence-corrected chi connectivity index (χ1v) is 7.39. The van der Waals surface area contributed by atoms with Gasteiger partial charge >= 0.3 is 0 Å². The molecule has 0 aliphatic rings. The van der Waals surface area contributed by atoms with Gasteiger partial charge in [0.05, 0.1) is 22.0 Å². The van der Waals surface area contributed by atoms with E-state index < -0.39 is 0 Å². The molecule has 0 saturated heterocycles. The third-order valence-electron chi connectivity index (χ3n) is 3.32. The number of hydrogen-bond donors (Lipinski definition) is 0. The summed E-state index contributed by atoms with van der Waals surface area (Å²) in [6.07, 6.45) is 1.89. The van der Waals surface area contributed by atoms with Gasteiger partial charge in [-0.05, 0) is 24.3 Å². The summed E-state index contributed by atoms with van der Waals surface area (Å²) in [5, 5.41) is 12.8. The zero-order valence-electron chi connectivity index (χ0n) is 10.8. The van der Waals surface area contributed by atoms with Gasteiger partial charge in [-0.2, -0.15) is 0 Å². The molecule has 0 amide bonds. The first-order chi connectivity index (χ1) is 10.1. The van der Waals surface area contributed by atoms with Crippen LogP contribution in [0.1, 0.15) is 5.56 Å². The molecule has 6 heteroatoms. The maximum atomic E-state index is 11.2. The number of para-hydroxylation sites is 1. The molecule has 0 unspecified atom stereocenters. The third-order valence-corrected chi connectivity index (χ3v) is 4.12. The van der Waals surface area contributed by atoms with Gasteiger partial charge in [0, 0.05) is 27.7 Å². The van der Waals surface area contributed by atoms with Crippen molar-refractivity contribution < 1.29 is 4.92 Å². The molecule has 0 fully saturated rings. The SMILES string of the molecule is O=[N+]([O-])c1cc(Br)ccc1Cn1ccc2cccc(Cl)c21. The molecule has 0 spiro atoms. The van der Waals surface area contributed by atoms with E-state index in [1.165, 1.54) is 6.07 Å². The van der Waals surface area contributed by atoms with Crippen molar-refractivity contribution in [1.29, 1.82) is 0 Å². The number of rotatable bonds is 3. The van der Waals surface area contributed by atoms with Crippen LogP contribution in [0.5, 0.6) is 0 Å². The van der Waals surface area contributed by atoms with Gasteiger partial charge in [-0.15, -0.1) is 0 Å². The van der Waals surface area contributed by atoms with Crippen molar-refractivity contribution in [2.75, 3.05) is 0 Å². The van der Waals surface area contributed by atoms with E-state index in [-0.39, 0.29) is 10.6 Å². The van der Waals surface area contributed by atoms with Crippen molar-refractivity contribution in [2.24, 2.45) is 0 Å². The third kappa shape index (κ3) is 2.66. The van der Waals surface area contributed by atoms with E-state index in [2.05, 4.69) is 15.9 Å². The second kappa shape index (κ2) is 5.50. The molecule has 0 radical (unpaired) electrons. The summed E-state index contributed by atoms with van der Waals surface area (Å²) in [4.78, 5) is 10.8. The average molecular weight is 366 g/mol. The Morgan fingerprint density at radius 3 is 2.81 bits per heavy atom. The van der Waals surface area contributed by atoms with Crippen LogP contribution in [-0.2, 0) is 6.54 Å². The second-order valence-corrected chi connectivity index (χ2v) is 5.97. The van der Waals surface area contributed by atoms with Gasteiger partial charge in [0.25, 0.3) is 5.69 Å². The predicted octanol–water partition coefficient (Wildman–Crippen LogP) is 5.01. The molecule has 0 N–H and O–H groups in total. The summed E-state index contributed by atoms with van der Waals surface area (Å²) in [7, 11) is 0. The number of halogens is 2. The quantitative estimate of drug-likeness (QED) is 0.483. The Bertz CT molecular complexity index is 845. The molecule has 3 rings (SSSR count). The normalized spacial score (nSPS) is 11.0. The van der Waals surface area contributed by atoms with Crippen LogP contribution in [0.25, 0.3) is 10.9 Å². The molecular weight excluding hydrogens is 356 g/mol. The number of benzene rings is 2. The van der Waals surface area contributed by atoms with Crippen molar-refractivity contribution in [3.05, 3.63) is 73.8 Å². The van der Waals surface area contributed by atoms with E-state index in [4.69, 9.17) is 11.6 Å². The lowest BCUT2D eigenvalue weighted by molar-refractivity contribution is -0.385. The van der Waals surface area contributed by atoms with Crippen molar-refractivity contribution >= 4 is 44.1 Å². The van der Waals surface area contributed by atoms with Crippen molar-refractivity contribution in [1.82, 2.24) is 4.57 Å². The Kier molecular flexibility index (Phi) is 3.69. The molecule has 3 aromatic rings. The van der Waals surface area contributed by atoms with Crippen LogP contribution in [0.2, 0.25) is 5.02 Å². The van der Waals surface area contributed by atoms with E-state index in [1.54, 1.807) is 12.1 Å². The van der Waals surface area contributed by atoms with Crippen LogP contribution in [0.4, 0.5) is 5.69 Å². The lowest BCUT2D eigenvalue weighted by Gasteiger charge is -2.08. The van der Waals surface area contributed by atoms with Crippen molar-refractivity contribution in [3.8, 4) is 0 Å². The Hall–Kier alpha value is -1.85. The fraction of sp³-hybridized carbons (Fsp3) is 0.0667. The lowest BCUT2D eigenvalue weighted by Crippen LogP contribution is -2.02. The number of nitro benzene ring substituents is 1. The van der Waals surface area contributed by atoms with Gasteiger partial charge in [0.1, 0.15) is 0 Å². The maximum Gasteiger partial charge on any atom is 0.275 e. The van der Waals surface area contributed by atoms with Crippen LogP contribution in [-0.4, -0.2) is 9.49 Å². The van der Waals surface area contributed by atoms with Crippen molar-refractivity contribution in [3.63, 3.8) is 0 Å². The summed E-state index contributed by atoms with van der Waals surface area (Å²) < 4.78 is 2.61. The van der Waals surface area contributed by atoms with Gasteiger partial charge in [0.2, 0.25) is 0 Å². The molecule has 0 aliphatic carbocycles. The van der Waals surface area contributed by atoms with Crippen LogP contribution in [0.3, 0.4) is 0 Å². The topological polar surface area (TPSA) is 48.1 Å². The molecule has 1 heterocycles. The largest absolute Gasteiger partial charge is 0.342 e. The Labute approximate surface area is 134 Å². The lowest BCUT2D eigenvalue weighted by atomic mass is 10.2. The molecule has 106 valence electrons. The summed E-state index contributed by atoms with van der Waals surface area (Å²) in [5.74, 6) is 0. The molecule has 0 saturated carbocycles. The number of nitrogens with zero attached hydrogens (tertiary/aromatic N) is 2. The van der Waals surface area contributed by atoms with Crippen LogP contribution in [0, 0.1) is 10.1 Å². The molecule has 4 nitrogen and oxygen atoms in total. The fourth-order valence-electron chi connectivity index (χ4n) is 2.37. The fourth-order valence-corrected chi connectivity index (χ4v) is 3.01. The van der Waals surface area contributed by atoms with Crippen LogP contribution < -0.4 is 0 Å². The summed E-state index contributed by atoms with van der Waals surface area (Å²) in [6, 6.07) is 12.7. The first-order valence-electron chi connectivity index (χ1n) is 6.22. The summed E-state index contributed by atoms with van der Waals surface area (Å²) >= 11 is 9.50. The highest BCUT2D eigenvalue weighted by Gasteiger charge is 2.15. The average Bonchev–Trinajstić information content (AvgIpc) is 2.85. The highest BCUT2D eigenvalue weighted by Crippen LogP contribution is 2.28. The van der Waals surface area contributed by atoms with E-state index in [9.17, 15) is 10.1 Å². The molecule has 2 aromatic carbocycles. The van der Waals surface area contributed by atoms with Gasteiger partial charge < -0.3 is 4.57 Å². The minimum atomic E-state index is -0.368. The van der Waals surface area contributed by atoms with Crippen molar-refractivity contribution in [2.45, 2.75) is 6.54 Å². The molecular formula is C15H10BrClN2O2. The number of hydrogen-bond acceptors (Lipinski definition) is 2. The van der Waals surface area contributed by atoms with Gasteiger partial charge in [-0.1, -0.05) is 39.7 Å². The molecule has 0 aliphatic heterocycles. The predicted molar refractivity (Wildman–Crippen MR) is 86.8 cm³/mol. The van der Waals surface area contributed by atoms with E-state index >= 15 is 0 Å². The monoisotopic (exact) mass is 364 g/mol. The van der Waals surface area contributed by atoms with E-state index in [0.29, 0.717) is 21.6 Å². The second-order valence-electron chi connectivity index (χ2n) is 4.65. The molecule has 0 atom stereocenters. The standard InChI is InChI=1S/C15H10BrClN2O2/c16-12-5-4-11(14(8-12)19(20)21)9-18-7-6-10-2-1-3-13(17)15(10)18/h1-8H,9H2. The van der Waals surface area contributed by atoms with Crippen LogP contribution in [0.15, 0.2) is 53.1 Å². The number of nitro groups is 1. The van der Waals surface area contributed by atoms with Crippen LogP contribution >= 0.6 is 27.5 Å². The zero-order valence-corrected chi connectivity index (χ0v) is 13.1. The Morgan fingerprint density at radius 2 is 2.05 bits per heavy atom. The Morgan fingerprint density at radius 1 is 1.24 bits per heavy atom. The highest BCUT2D eigenvalue weighted by molar-refractivity contribution is 9.10. The molecule has 21 heavy (non-hydrogen) atoms. The Balaban J connectivity index is 2.09. The minimum absolute atomic E-state index is 0.0956. The van der Waals surface area contributed by atoms with Gasteiger partial charge in [0.15, 0.2) is 0 Å². The van der Waals surface area contributed by atoms with E-state index in [0.717, 1.165) is 10.9 Å².